The Morgan fingerprint density at radius 3 is 2.14 bits per heavy atom. The van der Waals surface area contributed by atoms with Crippen LogP contribution in [0.4, 0.5) is 5.69 Å². The highest BCUT2D eigenvalue weighted by Crippen LogP contribution is 2.20. The van der Waals surface area contributed by atoms with Gasteiger partial charge >= 0.3 is 0 Å². The van der Waals surface area contributed by atoms with Gasteiger partial charge < -0.3 is 5.73 Å². The Morgan fingerprint density at radius 1 is 0.909 bits per heavy atom. The molecule has 2 aromatic carbocycles. The number of carbonyl (C=O) groups excluding carboxylic acids is 2. The van der Waals surface area contributed by atoms with Crippen LogP contribution < -0.4 is 17.0 Å². The molecule has 0 radical (unpaired) electrons. The molecule has 0 aliphatic heterocycles. The number of para-hydroxylation sites is 1. The minimum absolute atomic E-state index is 0. The Balaban J connectivity index is 0.00000242. The molecular formula is C15H15IN4O2. The van der Waals surface area contributed by atoms with Crippen LogP contribution in [0.2, 0.25) is 0 Å². The van der Waals surface area contributed by atoms with Gasteiger partial charge in [-0.15, -0.1) is 24.0 Å². The number of hydrazine groups is 1. The van der Waals surface area contributed by atoms with Gasteiger partial charge in [-0.05, 0) is 12.1 Å². The first-order chi connectivity index (χ1) is 10.1. The number of benzene rings is 2. The SMILES string of the molecule is I.NNC(N)=Nc1ccccc1C(=O)C(=O)c1ccccc1. The van der Waals surface area contributed by atoms with E-state index >= 15 is 0 Å². The van der Waals surface area contributed by atoms with E-state index in [2.05, 4.69) is 10.4 Å². The maximum Gasteiger partial charge on any atom is 0.235 e. The summed E-state index contributed by atoms with van der Waals surface area (Å²) < 4.78 is 0. The van der Waals surface area contributed by atoms with Crippen LogP contribution in [0.15, 0.2) is 59.6 Å². The quantitative estimate of drug-likeness (QED) is 0.135. The highest BCUT2D eigenvalue weighted by atomic mass is 127. The third kappa shape index (κ3) is 4.12. The van der Waals surface area contributed by atoms with Gasteiger partial charge in [-0.2, -0.15) is 0 Å². The molecule has 2 aromatic rings. The molecule has 114 valence electrons. The zero-order valence-corrected chi connectivity index (χ0v) is 13.9. The standard InChI is InChI=1S/C15H14N4O2.HI/c16-15(19-17)18-12-9-5-4-8-11(12)14(21)13(20)10-6-2-1-3-7-10;/h1-9H,17H2,(H3,16,18,19);1H. The van der Waals surface area contributed by atoms with Crippen LogP contribution >= 0.6 is 24.0 Å². The predicted molar refractivity (Wildman–Crippen MR) is 95.6 cm³/mol. The summed E-state index contributed by atoms with van der Waals surface area (Å²) in [5, 5.41) is 0. The van der Waals surface area contributed by atoms with Crippen molar-refractivity contribution in [3.8, 4) is 0 Å². The third-order valence-electron chi connectivity index (χ3n) is 2.78. The second-order valence-electron chi connectivity index (χ2n) is 4.18. The summed E-state index contributed by atoms with van der Waals surface area (Å²) in [5.41, 5.74) is 8.43. The van der Waals surface area contributed by atoms with Crippen molar-refractivity contribution in [2.45, 2.75) is 0 Å². The molecule has 0 heterocycles. The van der Waals surface area contributed by atoms with Gasteiger partial charge in [0.15, 0.2) is 0 Å². The lowest BCUT2D eigenvalue weighted by Gasteiger charge is -2.05. The molecule has 0 aliphatic carbocycles. The van der Waals surface area contributed by atoms with Crippen molar-refractivity contribution < 1.29 is 9.59 Å². The number of aliphatic imine (C=N–C) groups is 1. The van der Waals surface area contributed by atoms with E-state index in [-0.39, 0.29) is 41.2 Å². The van der Waals surface area contributed by atoms with Crippen molar-refractivity contribution in [2.75, 3.05) is 0 Å². The van der Waals surface area contributed by atoms with E-state index in [1.807, 2.05) is 0 Å². The Hall–Kier alpha value is -2.26. The molecular weight excluding hydrogens is 395 g/mol. The zero-order chi connectivity index (χ0) is 15.2. The number of hydrogen-bond acceptors (Lipinski definition) is 4. The van der Waals surface area contributed by atoms with E-state index < -0.39 is 11.6 Å². The topological polar surface area (TPSA) is 111 Å². The van der Waals surface area contributed by atoms with Crippen LogP contribution in [0.1, 0.15) is 20.7 Å². The zero-order valence-electron chi connectivity index (χ0n) is 11.5. The number of carbonyl (C=O) groups is 2. The van der Waals surface area contributed by atoms with Gasteiger partial charge in [-0.25, -0.2) is 10.8 Å². The molecule has 6 nitrogen and oxygen atoms in total. The number of guanidine groups is 1. The smallest absolute Gasteiger partial charge is 0.235 e. The molecule has 22 heavy (non-hydrogen) atoms. The van der Waals surface area contributed by atoms with Crippen LogP contribution in [-0.4, -0.2) is 17.5 Å². The normalized spacial score (nSPS) is 10.5. The van der Waals surface area contributed by atoms with Gasteiger partial charge in [-0.3, -0.25) is 15.0 Å². The van der Waals surface area contributed by atoms with Gasteiger partial charge in [0.1, 0.15) is 0 Å². The first-order valence-electron chi connectivity index (χ1n) is 6.17. The molecule has 0 unspecified atom stereocenters. The Labute approximate surface area is 144 Å². The van der Waals surface area contributed by atoms with E-state index in [1.165, 1.54) is 6.07 Å². The number of rotatable bonds is 4. The predicted octanol–water partition coefficient (Wildman–Crippen LogP) is 1.78. The fourth-order valence-electron chi connectivity index (χ4n) is 1.77. The minimum atomic E-state index is -0.648. The number of Topliss-reactive ketones (excluding diaryl/α,β-unsaturated/α-hetero) is 2. The fraction of sp³-hybridized carbons (Fsp3) is 0. The van der Waals surface area contributed by atoms with Crippen molar-refractivity contribution in [1.29, 1.82) is 0 Å². The number of nitrogens with zero attached hydrogens (tertiary/aromatic N) is 1. The monoisotopic (exact) mass is 410 g/mol. The minimum Gasteiger partial charge on any atom is -0.369 e. The second kappa shape index (κ2) is 8.25. The van der Waals surface area contributed by atoms with Crippen molar-refractivity contribution in [1.82, 2.24) is 5.43 Å². The number of nitrogens with two attached hydrogens (primary N) is 2. The van der Waals surface area contributed by atoms with Crippen LogP contribution in [0.25, 0.3) is 0 Å². The molecule has 0 bridgehead atoms. The lowest BCUT2D eigenvalue weighted by atomic mass is 10.0. The van der Waals surface area contributed by atoms with E-state index in [1.54, 1.807) is 48.5 Å². The maximum atomic E-state index is 12.3. The van der Waals surface area contributed by atoms with Gasteiger partial charge in [0.05, 0.1) is 11.3 Å². The first-order valence-corrected chi connectivity index (χ1v) is 6.17. The Bertz CT molecular complexity index is 702. The summed E-state index contributed by atoms with van der Waals surface area (Å²) in [6.07, 6.45) is 0. The molecule has 0 amide bonds. The molecule has 0 atom stereocenters. The molecule has 7 heteroatoms. The summed E-state index contributed by atoms with van der Waals surface area (Å²) in [4.78, 5) is 28.5. The van der Waals surface area contributed by atoms with Crippen molar-refractivity contribution >= 4 is 47.2 Å². The average molecular weight is 410 g/mol. The summed E-state index contributed by atoms with van der Waals surface area (Å²) >= 11 is 0. The molecule has 0 saturated heterocycles. The molecule has 0 spiro atoms. The molecule has 0 fully saturated rings. The number of ketones is 2. The number of hydrogen-bond donors (Lipinski definition) is 3. The lowest BCUT2D eigenvalue weighted by Crippen LogP contribution is -2.36. The van der Waals surface area contributed by atoms with Crippen molar-refractivity contribution in [3.63, 3.8) is 0 Å². The van der Waals surface area contributed by atoms with E-state index in [0.717, 1.165) is 0 Å². The Kier molecular flexibility index (Phi) is 6.67. The molecule has 0 aliphatic rings. The number of nitrogens with one attached hydrogen (secondary N) is 1. The molecule has 5 N–H and O–H groups in total. The average Bonchev–Trinajstić information content (AvgIpc) is 2.54. The summed E-state index contributed by atoms with van der Waals surface area (Å²) in [7, 11) is 0. The highest BCUT2D eigenvalue weighted by molar-refractivity contribution is 14.0. The van der Waals surface area contributed by atoms with E-state index in [0.29, 0.717) is 5.56 Å². The molecule has 0 saturated carbocycles. The van der Waals surface area contributed by atoms with Gasteiger partial charge in [0.2, 0.25) is 17.5 Å². The van der Waals surface area contributed by atoms with Crippen LogP contribution in [0, 0.1) is 0 Å². The molecule has 0 aromatic heterocycles. The van der Waals surface area contributed by atoms with E-state index in [9.17, 15) is 9.59 Å². The van der Waals surface area contributed by atoms with Crippen molar-refractivity contribution in [3.05, 3.63) is 65.7 Å². The fourth-order valence-corrected chi connectivity index (χ4v) is 1.77. The molecule has 2 rings (SSSR count). The summed E-state index contributed by atoms with van der Waals surface area (Å²) in [6.45, 7) is 0. The third-order valence-corrected chi connectivity index (χ3v) is 2.78. The van der Waals surface area contributed by atoms with Crippen LogP contribution in [0.3, 0.4) is 0 Å². The largest absolute Gasteiger partial charge is 0.369 e. The lowest BCUT2D eigenvalue weighted by molar-refractivity contribution is 0.0817. The highest BCUT2D eigenvalue weighted by Gasteiger charge is 2.20. The van der Waals surface area contributed by atoms with Crippen molar-refractivity contribution in [2.24, 2.45) is 16.6 Å². The second-order valence-corrected chi connectivity index (χ2v) is 4.18. The van der Waals surface area contributed by atoms with Crippen LogP contribution in [-0.2, 0) is 0 Å². The Morgan fingerprint density at radius 2 is 1.50 bits per heavy atom. The number of halogens is 1. The van der Waals surface area contributed by atoms with Gasteiger partial charge in [0.25, 0.3) is 0 Å². The maximum absolute atomic E-state index is 12.3. The first kappa shape index (κ1) is 17.8. The van der Waals surface area contributed by atoms with E-state index in [4.69, 9.17) is 11.6 Å². The van der Waals surface area contributed by atoms with Crippen LogP contribution in [0.5, 0.6) is 0 Å². The van der Waals surface area contributed by atoms with Gasteiger partial charge in [-0.1, -0.05) is 42.5 Å². The summed E-state index contributed by atoms with van der Waals surface area (Å²) in [6, 6.07) is 14.8. The van der Waals surface area contributed by atoms with Gasteiger partial charge in [0, 0.05) is 5.56 Å². The summed E-state index contributed by atoms with van der Waals surface area (Å²) in [5.74, 6) is 3.84.